The SMILES string of the molecule is O=C(Cc1ccccc1)NC(=O)[C@H](CCCSCC(=O)C(F)(F)F)NCC[N+]1=CCCCC1.O=C([O-])C(F)(F)F. The summed E-state index contributed by atoms with van der Waals surface area (Å²) in [5.74, 6) is -5.95. The van der Waals surface area contributed by atoms with E-state index in [0.29, 0.717) is 25.1 Å². The fourth-order valence-corrected chi connectivity index (χ4v) is 4.29. The van der Waals surface area contributed by atoms with Crippen molar-refractivity contribution in [3.8, 4) is 0 Å². The number of nitrogens with zero attached hydrogens (tertiary/aromatic N) is 1. The maximum Gasteiger partial charge on any atom is 0.450 e. The van der Waals surface area contributed by atoms with Crippen molar-refractivity contribution in [2.45, 2.75) is 56.9 Å². The Morgan fingerprint density at radius 2 is 1.65 bits per heavy atom. The zero-order valence-corrected chi connectivity index (χ0v) is 22.3. The molecule has 8 nitrogen and oxygen atoms in total. The lowest BCUT2D eigenvalue weighted by molar-refractivity contribution is -0.526. The van der Waals surface area contributed by atoms with Gasteiger partial charge in [0.05, 0.1) is 24.8 Å². The highest BCUT2D eigenvalue weighted by molar-refractivity contribution is 7.99. The molecule has 2 N–H and O–H groups in total. The van der Waals surface area contributed by atoms with Gasteiger partial charge in [-0.05, 0) is 30.6 Å². The molecule has 0 fully saturated rings. The third kappa shape index (κ3) is 15.6. The van der Waals surface area contributed by atoms with Crippen LogP contribution in [0.3, 0.4) is 0 Å². The Labute approximate surface area is 231 Å². The van der Waals surface area contributed by atoms with Crippen LogP contribution in [0.5, 0.6) is 0 Å². The van der Waals surface area contributed by atoms with Crippen LogP contribution >= 0.6 is 11.8 Å². The average Bonchev–Trinajstić information content (AvgIpc) is 2.87. The fourth-order valence-electron chi connectivity index (χ4n) is 3.42. The summed E-state index contributed by atoms with van der Waals surface area (Å²) < 4.78 is 70.6. The molecular weight excluding hydrogens is 568 g/mol. The lowest BCUT2D eigenvalue weighted by Gasteiger charge is -2.18. The number of benzene rings is 1. The molecule has 40 heavy (non-hydrogen) atoms. The number of hydrogen-bond donors (Lipinski definition) is 2. The van der Waals surface area contributed by atoms with Gasteiger partial charge in [-0.25, -0.2) is 4.58 Å². The highest BCUT2D eigenvalue weighted by Crippen LogP contribution is 2.19. The lowest BCUT2D eigenvalue weighted by atomic mass is 10.1. The number of nitrogens with one attached hydrogen (secondary N) is 2. The molecule has 1 heterocycles. The summed E-state index contributed by atoms with van der Waals surface area (Å²) in [6.45, 7) is 2.25. The van der Waals surface area contributed by atoms with Gasteiger partial charge in [0, 0.05) is 12.8 Å². The monoisotopic (exact) mass is 599 g/mol. The Balaban J connectivity index is 0.00000101. The minimum Gasteiger partial charge on any atom is -0.542 e. The second-order valence-corrected chi connectivity index (χ2v) is 9.80. The molecule has 0 unspecified atom stereocenters. The predicted molar refractivity (Wildman–Crippen MR) is 134 cm³/mol. The van der Waals surface area contributed by atoms with Crippen LogP contribution in [0.2, 0.25) is 0 Å². The molecule has 2 rings (SSSR count). The molecule has 1 aliphatic rings. The Hall–Kier alpha value is -2.94. The molecule has 224 valence electrons. The maximum atomic E-state index is 12.7. The molecule has 1 aromatic carbocycles. The molecule has 0 bridgehead atoms. The van der Waals surface area contributed by atoms with Gasteiger partial charge in [-0.15, -0.1) is 0 Å². The van der Waals surface area contributed by atoms with Gasteiger partial charge >= 0.3 is 12.4 Å². The molecule has 0 spiro atoms. The number of ketones is 1. The largest absolute Gasteiger partial charge is 0.542 e. The first-order valence-corrected chi connectivity index (χ1v) is 13.5. The summed E-state index contributed by atoms with van der Waals surface area (Å²) in [4.78, 5) is 44.7. The third-order valence-corrected chi connectivity index (χ3v) is 6.47. The molecule has 15 heteroatoms. The van der Waals surface area contributed by atoms with Crippen molar-refractivity contribution >= 4 is 41.5 Å². The van der Waals surface area contributed by atoms with Gasteiger partial charge in [0.2, 0.25) is 17.6 Å². The first kappa shape index (κ1) is 35.1. The topological polar surface area (TPSA) is 118 Å². The number of rotatable bonds is 13. The highest BCUT2D eigenvalue weighted by atomic mass is 32.2. The van der Waals surface area contributed by atoms with E-state index in [1.807, 2.05) is 18.2 Å². The summed E-state index contributed by atoms with van der Waals surface area (Å²) >= 11 is 0.895. The third-order valence-electron chi connectivity index (χ3n) is 5.43. The average molecular weight is 600 g/mol. The number of aliphatic carboxylic acids is 1. The number of carbonyl (C=O) groups excluding carboxylic acids is 4. The van der Waals surface area contributed by atoms with Gasteiger partial charge in [-0.2, -0.15) is 38.1 Å². The zero-order valence-electron chi connectivity index (χ0n) is 21.5. The second-order valence-electron chi connectivity index (χ2n) is 8.70. The number of alkyl halides is 6. The second kappa shape index (κ2) is 17.7. The number of amides is 2. The van der Waals surface area contributed by atoms with Gasteiger partial charge in [0.15, 0.2) is 6.54 Å². The number of imide groups is 1. The van der Waals surface area contributed by atoms with E-state index in [2.05, 4.69) is 21.4 Å². The molecule has 0 saturated carbocycles. The summed E-state index contributed by atoms with van der Waals surface area (Å²) in [5.41, 5.74) is 0.790. The quantitative estimate of drug-likeness (QED) is 0.203. The number of halogens is 6. The van der Waals surface area contributed by atoms with Crippen molar-refractivity contribution in [2.24, 2.45) is 0 Å². The fraction of sp³-hybridized carbons (Fsp3) is 0.560. The summed E-state index contributed by atoms with van der Waals surface area (Å²) in [6.07, 6.45) is -3.66. The van der Waals surface area contributed by atoms with E-state index in [1.165, 1.54) is 6.42 Å². The van der Waals surface area contributed by atoms with Crippen molar-refractivity contribution in [1.29, 1.82) is 0 Å². The number of carbonyl (C=O) groups is 4. The molecule has 0 aromatic heterocycles. The smallest absolute Gasteiger partial charge is 0.450 e. The van der Waals surface area contributed by atoms with Crippen LogP contribution in [0, 0.1) is 0 Å². The van der Waals surface area contributed by atoms with Crippen LogP contribution in [0.4, 0.5) is 26.3 Å². The molecule has 2 amide bonds. The Morgan fingerprint density at radius 1 is 1.00 bits per heavy atom. The van der Waals surface area contributed by atoms with Crippen molar-refractivity contribution in [1.82, 2.24) is 10.6 Å². The summed E-state index contributed by atoms with van der Waals surface area (Å²) in [5, 5.41) is 14.4. The lowest BCUT2D eigenvalue weighted by Crippen LogP contribution is -2.48. The van der Waals surface area contributed by atoms with Crippen molar-refractivity contribution in [3.05, 3.63) is 35.9 Å². The summed E-state index contributed by atoms with van der Waals surface area (Å²) in [7, 11) is 0. The minimum atomic E-state index is -5.19. The van der Waals surface area contributed by atoms with Crippen molar-refractivity contribution in [2.75, 3.05) is 31.1 Å². The molecule has 0 radical (unpaired) electrons. The number of carboxylic acid groups (broad SMARTS) is 1. The zero-order chi connectivity index (χ0) is 30.2. The van der Waals surface area contributed by atoms with E-state index in [0.717, 1.165) is 43.3 Å². The number of carboxylic acids is 1. The van der Waals surface area contributed by atoms with Crippen molar-refractivity contribution < 1.29 is 55.2 Å². The van der Waals surface area contributed by atoms with Crippen LogP contribution < -0.4 is 15.7 Å². The van der Waals surface area contributed by atoms with E-state index in [-0.39, 0.29) is 6.42 Å². The molecule has 1 aromatic rings. The molecule has 1 atom stereocenters. The number of hydrogen-bond acceptors (Lipinski definition) is 7. The van der Waals surface area contributed by atoms with Gasteiger partial charge in [-0.3, -0.25) is 25.0 Å². The van der Waals surface area contributed by atoms with Crippen LogP contribution in [0.15, 0.2) is 30.3 Å². The Bertz CT molecular complexity index is 1000. The maximum absolute atomic E-state index is 12.7. The van der Waals surface area contributed by atoms with Crippen LogP contribution in [-0.4, -0.2) is 83.9 Å². The highest BCUT2D eigenvalue weighted by Gasteiger charge is 2.37. The van der Waals surface area contributed by atoms with E-state index in [4.69, 9.17) is 9.90 Å². The first-order chi connectivity index (χ1) is 18.7. The van der Waals surface area contributed by atoms with Gasteiger partial charge < -0.3 is 9.90 Å². The number of Topliss-reactive ketones (excluding diaryl/α,β-unsaturated/α-hetero) is 1. The van der Waals surface area contributed by atoms with Gasteiger partial charge in [0.25, 0.3) is 0 Å². The minimum absolute atomic E-state index is 0.0808. The molecule has 0 aliphatic carbocycles. The van der Waals surface area contributed by atoms with Crippen LogP contribution in [0.25, 0.3) is 0 Å². The first-order valence-electron chi connectivity index (χ1n) is 12.3. The van der Waals surface area contributed by atoms with Gasteiger partial charge in [-0.1, -0.05) is 30.3 Å². The van der Waals surface area contributed by atoms with E-state index in [1.54, 1.807) is 12.1 Å². The molecular formula is C25H31F6N3O5S. The van der Waals surface area contributed by atoms with Crippen LogP contribution in [-0.2, 0) is 25.6 Å². The number of thioether (sulfide) groups is 1. The Kier molecular flexibility index (Phi) is 15.5. The summed E-state index contributed by atoms with van der Waals surface area (Å²) in [6, 6.07) is 8.42. The van der Waals surface area contributed by atoms with Gasteiger partial charge in [0.1, 0.15) is 18.7 Å². The predicted octanol–water partition coefficient (Wildman–Crippen LogP) is 2.04. The van der Waals surface area contributed by atoms with Crippen molar-refractivity contribution in [3.63, 3.8) is 0 Å². The Morgan fingerprint density at radius 3 is 2.20 bits per heavy atom. The normalized spacial score (nSPS) is 14.3. The van der Waals surface area contributed by atoms with Crippen LogP contribution in [0.1, 0.15) is 37.7 Å². The molecule has 0 saturated heterocycles. The van der Waals surface area contributed by atoms with E-state index >= 15 is 0 Å². The standard InChI is InChI=1S/C23H30F3N3O3S.C2HF3O2/c24-23(25,26)20(30)17-33-15-7-10-19(27-11-14-29-12-5-2-6-13-29)22(32)28-21(31)16-18-8-3-1-4-9-18;3-2(4,5)1(6)7/h1,3-4,8-9,12,19,27H,2,5-7,10-11,13-17H2;(H,6,7)/t19-;/m0./s1. The van der Waals surface area contributed by atoms with E-state index in [9.17, 15) is 40.7 Å². The molecule has 1 aliphatic heterocycles. The van der Waals surface area contributed by atoms with E-state index < -0.39 is 47.7 Å².